The molecule has 0 radical (unpaired) electrons. The molecule has 3 heterocycles. The number of halogens is 1. The first kappa shape index (κ1) is 21.8. The Labute approximate surface area is 192 Å². The number of rotatable bonds is 5. The van der Waals surface area contributed by atoms with E-state index in [2.05, 4.69) is 15.2 Å². The van der Waals surface area contributed by atoms with Gasteiger partial charge in [-0.25, -0.2) is 0 Å². The Bertz CT molecular complexity index is 1030. The number of nitrogens with zero attached hydrogens (tertiary/aromatic N) is 5. The highest BCUT2D eigenvalue weighted by atomic mass is 35.5. The molecule has 0 aliphatic carbocycles. The summed E-state index contributed by atoms with van der Waals surface area (Å²) in [4.78, 5) is 19.0. The zero-order valence-electron chi connectivity index (χ0n) is 17.6. The Morgan fingerprint density at radius 1 is 1.03 bits per heavy atom. The van der Waals surface area contributed by atoms with Gasteiger partial charge in [0.05, 0.1) is 11.4 Å². The maximum absolute atomic E-state index is 12.9. The van der Waals surface area contributed by atoms with E-state index in [1.165, 1.54) is 31.0 Å². The zero-order chi connectivity index (χ0) is 21.6. The Kier molecular flexibility index (Phi) is 7.25. The quantitative estimate of drug-likeness (QED) is 0.496. The number of amides is 1. The maximum Gasteiger partial charge on any atom is 0.233 e. The minimum atomic E-state index is 0.162. The lowest BCUT2D eigenvalue weighted by molar-refractivity contribution is -0.128. The zero-order valence-corrected chi connectivity index (χ0v) is 19.2. The molecule has 2 aromatic heterocycles. The molecule has 4 rings (SSSR count). The Hall–Kier alpha value is -2.38. The average molecular weight is 456 g/mol. The van der Waals surface area contributed by atoms with Crippen LogP contribution in [-0.4, -0.2) is 49.4 Å². The van der Waals surface area contributed by atoms with Crippen LogP contribution in [0, 0.1) is 6.92 Å². The van der Waals surface area contributed by atoms with E-state index in [0.717, 1.165) is 42.7 Å². The minimum Gasteiger partial charge on any atom is -0.342 e. The fourth-order valence-corrected chi connectivity index (χ4v) is 4.84. The summed E-state index contributed by atoms with van der Waals surface area (Å²) in [6.45, 7) is 3.68. The van der Waals surface area contributed by atoms with E-state index < -0.39 is 0 Å². The average Bonchev–Trinajstić information content (AvgIpc) is 3.18. The third-order valence-corrected chi connectivity index (χ3v) is 6.91. The van der Waals surface area contributed by atoms with Crippen molar-refractivity contribution in [3.8, 4) is 17.1 Å². The predicted molar refractivity (Wildman–Crippen MR) is 125 cm³/mol. The van der Waals surface area contributed by atoms with Crippen LogP contribution < -0.4 is 0 Å². The molecule has 6 nitrogen and oxygen atoms in total. The van der Waals surface area contributed by atoms with Gasteiger partial charge in [0.2, 0.25) is 5.91 Å². The second-order valence-electron chi connectivity index (χ2n) is 7.70. The van der Waals surface area contributed by atoms with Gasteiger partial charge in [0.1, 0.15) is 0 Å². The number of carbonyl (C=O) groups excluding carboxylic acids is 1. The molecule has 0 atom stereocenters. The first-order valence-electron chi connectivity index (χ1n) is 10.7. The van der Waals surface area contributed by atoms with Crippen molar-refractivity contribution in [2.24, 2.45) is 0 Å². The van der Waals surface area contributed by atoms with E-state index in [1.54, 1.807) is 12.4 Å². The van der Waals surface area contributed by atoms with E-state index in [0.29, 0.717) is 21.8 Å². The number of pyridine rings is 1. The molecule has 1 aliphatic heterocycles. The molecule has 1 aliphatic rings. The molecule has 162 valence electrons. The first-order chi connectivity index (χ1) is 15.1. The van der Waals surface area contributed by atoms with Crippen LogP contribution in [0.3, 0.4) is 0 Å². The summed E-state index contributed by atoms with van der Waals surface area (Å²) >= 11 is 7.83. The number of likely N-dealkylation sites (tertiary alicyclic amines) is 1. The summed E-state index contributed by atoms with van der Waals surface area (Å²) in [5, 5.41) is 10.2. The van der Waals surface area contributed by atoms with Gasteiger partial charge >= 0.3 is 0 Å². The minimum absolute atomic E-state index is 0.162. The van der Waals surface area contributed by atoms with Gasteiger partial charge in [-0.3, -0.25) is 14.3 Å². The van der Waals surface area contributed by atoms with Crippen LogP contribution >= 0.6 is 23.4 Å². The van der Waals surface area contributed by atoms with Crippen LogP contribution in [0.2, 0.25) is 5.02 Å². The van der Waals surface area contributed by atoms with E-state index >= 15 is 0 Å². The predicted octanol–water partition coefficient (Wildman–Crippen LogP) is 5.18. The van der Waals surface area contributed by atoms with E-state index in [9.17, 15) is 4.79 Å². The smallest absolute Gasteiger partial charge is 0.233 e. The van der Waals surface area contributed by atoms with Crippen molar-refractivity contribution in [2.45, 2.75) is 44.2 Å². The van der Waals surface area contributed by atoms with Gasteiger partial charge in [-0.1, -0.05) is 48.7 Å². The highest BCUT2D eigenvalue weighted by Gasteiger charge is 2.21. The molecule has 0 saturated carbocycles. The molecule has 0 spiro atoms. The van der Waals surface area contributed by atoms with Crippen LogP contribution in [0.4, 0.5) is 0 Å². The third-order valence-electron chi connectivity index (χ3n) is 5.59. The monoisotopic (exact) mass is 455 g/mol. The summed E-state index contributed by atoms with van der Waals surface area (Å²) in [6.07, 6.45) is 9.32. The number of thioether (sulfide) groups is 1. The molecule has 31 heavy (non-hydrogen) atoms. The summed E-state index contributed by atoms with van der Waals surface area (Å²) in [5.74, 6) is 1.21. The summed E-state index contributed by atoms with van der Waals surface area (Å²) in [6, 6.07) is 9.59. The van der Waals surface area contributed by atoms with Gasteiger partial charge in [0.15, 0.2) is 11.0 Å². The molecular formula is C23H26ClN5OS. The molecule has 0 bridgehead atoms. The van der Waals surface area contributed by atoms with Crippen molar-refractivity contribution in [3.63, 3.8) is 0 Å². The molecule has 1 fully saturated rings. The lowest BCUT2D eigenvalue weighted by Gasteiger charge is -2.24. The second kappa shape index (κ2) is 10.3. The van der Waals surface area contributed by atoms with E-state index in [-0.39, 0.29) is 5.91 Å². The molecule has 0 N–H and O–H groups in total. The number of benzene rings is 1. The molecule has 1 aromatic carbocycles. The Balaban J connectivity index is 1.62. The van der Waals surface area contributed by atoms with Gasteiger partial charge in [0, 0.05) is 36.1 Å². The van der Waals surface area contributed by atoms with Crippen molar-refractivity contribution in [2.75, 3.05) is 18.8 Å². The van der Waals surface area contributed by atoms with Crippen molar-refractivity contribution in [1.29, 1.82) is 0 Å². The lowest BCUT2D eigenvalue weighted by Crippen LogP contribution is -2.35. The summed E-state index contributed by atoms with van der Waals surface area (Å²) in [7, 11) is 0. The topological polar surface area (TPSA) is 63.9 Å². The van der Waals surface area contributed by atoms with E-state index in [1.807, 2.05) is 46.7 Å². The molecule has 1 amide bonds. The van der Waals surface area contributed by atoms with Gasteiger partial charge in [0.25, 0.3) is 0 Å². The van der Waals surface area contributed by atoms with Crippen molar-refractivity contribution in [3.05, 3.63) is 53.3 Å². The third kappa shape index (κ3) is 5.10. The van der Waals surface area contributed by atoms with E-state index in [4.69, 9.17) is 11.6 Å². The standard InChI is InChI=1S/C23H26ClN5OS/c1-17-19(24)8-7-9-20(17)29-22(18-10-12-25-13-11-18)26-27-23(29)31-16-21(30)28-14-5-3-2-4-6-15-28/h7-13H,2-6,14-16H2,1H3. The number of hydrogen-bond donors (Lipinski definition) is 0. The largest absolute Gasteiger partial charge is 0.342 e. The first-order valence-corrected chi connectivity index (χ1v) is 12.0. The van der Waals surface area contributed by atoms with Gasteiger partial charge in [-0.2, -0.15) is 0 Å². The van der Waals surface area contributed by atoms with Crippen molar-refractivity contribution < 1.29 is 4.79 Å². The molecule has 3 aromatic rings. The normalized spacial score (nSPS) is 14.8. The number of carbonyl (C=O) groups is 1. The molecular weight excluding hydrogens is 430 g/mol. The van der Waals surface area contributed by atoms with Crippen LogP contribution in [-0.2, 0) is 4.79 Å². The second-order valence-corrected chi connectivity index (χ2v) is 9.05. The van der Waals surface area contributed by atoms with Crippen molar-refractivity contribution in [1.82, 2.24) is 24.6 Å². The fraction of sp³-hybridized carbons (Fsp3) is 0.391. The maximum atomic E-state index is 12.9. The van der Waals surface area contributed by atoms with Gasteiger partial charge < -0.3 is 4.90 Å². The summed E-state index contributed by atoms with van der Waals surface area (Å²) < 4.78 is 1.99. The highest BCUT2D eigenvalue weighted by molar-refractivity contribution is 7.99. The highest BCUT2D eigenvalue weighted by Crippen LogP contribution is 2.31. The Morgan fingerprint density at radius 3 is 2.48 bits per heavy atom. The number of aromatic nitrogens is 4. The van der Waals surface area contributed by atoms with Crippen LogP contribution in [0.1, 0.15) is 37.7 Å². The fourth-order valence-electron chi connectivity index (χ4n) is 3.82. The Morgan fingerprint density at radius 2 is 1.74 bits per heavy atom. The summed E-state index contributed by atoms with van der Waals surface area (Å²) in [5.41, 5.74) is 2.76. The van der Waals surface area contributed by atoms with Crippen LogP contribution in [0.15, 0.2) is 47.9 Å². The molecule has 0 unspecified atom stereocenters. The van der Waals surface area contributed by atoms with Crippen LogP contribution in [0.5, 0.6) is 0 Å². The van der Waals surface area contributed by atoms with Crippen molar-refractivity contribution >= 4 is 29.3 Å². The SMILES string of the molecule is Cc1c(Cl)cccc1-n1c(SCC(=O)N2CCCCCCC2)nnc1-c1ccncc1. The van der Waals surface area contributed by atoms with Gasteiger partial charge in [-0.15, -0.1) is 10.2 Å². The molecule has 8 heteroatoms. The van der Waals surface area contributed by atoms with Crippen LogP contribution in [0.25, 0.3) is 17.1 Å². The van der Waals surface area contributed by atoms with Gasteiger partial charge in [-0.05, 0) is 49.6 Å². The number of hydrogen-bond acceptors (Lipinski definition) is 5. The lowest BCUT2D eigenvalue weighted by atomic mass is 10.1. The molecule has 1 saturated heterocycles.